The summed E-state index contributed by atoms with van der Waals surface area (Å²) in [5, 5.41) is 3.99. The maximum absolute atomic E-state index is 12.6. The van der Waals surface area contributed by atoms with Gasteiger partial charge >= 0.3 is 0 Å². The minimum atomic E-state index is -0.179. The van der Waals surface area contributed by atoms with Crippen LogP contribution in [0.4, 0.5) is 5.69 Å². The number of amides is 1. The van der Waals surface area contributed by atoms with Gasteiger partial charge in [0.15, 0.2) is 0 Å². The summed E-state index contributed by atoms with van der Waals surface area (Å²) in [7, 11) is 0. The van der Waals surface area contributed by atoms with E-state index in [1.807, 2.05) is 59.4 Å². The van der Waals surface area contributed by atoms with Crippen molar-refractivity contribution in [3.63, 3.8) is 0 Å². The van der Waals surface area contributed by atoms with Crippen LogP contribution in [0.25, 0.3) is 16.6 Å². The molecule has 0 saturated carbocycles. The van der Waals surface area contributed by atoms with Crippen LogP contribution < -0.4 is 10.9 Å². The number of nitrogens with one attached hydrogen (secondary N) is 2. The molecule has 5 rings (SSSR count). The molecule has 1 aliphatic carbocycles. The lowest BCUT2D eigenvalue weighted by Gasteiger charge is -2.10. The molecule has 5 nitrogen and oxygen atoms in total. The molecule has 4 aromatic rings. The molecule has 1 amide bonds. The Kier molecular flexibility index (Phi) is 3.86. The number of rotatable bonds is 3. The Morgan fingerprint density at radius 3 is 2.50 bits per heavy atom. The lowest BCUT2D eigenvalue weighted by molar-refractivity contribution is 0.102. The maximum atomic E-state index is 12.6. The van der Waals surface area contributed by atoms with Crippen molar-refractivity contribution in [3.05, 3.63) is 94.0 Å². The number of hydrogen-bond donors (Lipinski definition) is 2. The van der Waals surface area contributed by atoms with Crippen molar-refractivity contribution in [3.8, 4) is 5.69 Å². The molecule has 0 atom stereocenters. The fraction of sp³-hybridized carbons (Fsp3) is 0.130. The van der Waals surface area contributed by atoms with Crippen molar-refractivity contribution in [1.82, 2.24) is 9.55 Å². The van der Waals surface area contributed by atoms with Crippen molar-refractivity contribution in [2.75, 3.05) is 5.32 Å². The normalized spacial score (nSPS) is 12.9. The van der Waals surface area contributed by atoms with Gasteiger partial charge in [-0.05, 0) is 73.4 Å². The van der Waals surface area contributed by atoms with E-state index < -0.39 is 0 Å². The second-order valence-electron chi connectivity index (χ2n) is 7.12. The SMILES string of the molecule is O=C(Nc1ccc2c3c(c(=O)[nH]c2c1)CCC3)c1ccc(-n2cccc2)cc1. The minimum Gasteiger partial charge on any atom is -0.324 e. The highest BCUT2D eigenvalue weighted by atomic mass is 16.1. The number of H-pyrrole nitrogens is 1. The highest BCUT2D eigenvalue weighted by Crippen LogP contribution is 2.28. The van der Waals surface area contributed by atoms with Crippen molar-refractivity contribution in [2.24, 2.45) is 0 Å². The van der Waals surface area contributed by atoms with Crippen LogP contribution in [-0.2, 0) is 12.8 Å². The van der Waals surface area contributed by atoms with Crippen LogP contribution in [0.15, 0.2) is 71.8 Å². The lowest BCUT2D eigenvalue weighted by Crippen LogP contribution is -2.14. The van der Waals surface area contributed by atoms with Gasteiger partial charge in [0.05, 0.1) is 5.52 Å². The number of anilines is 1. The highest BCUT2D eigenvalue weighted by molar-refractivity contribution is 6.05. The van der Waals surface area contributed by atoms with Crippen LogP contribution in [0.5, 0.6) is 0 Å². The molecule has 2 aromatic carbocycles. The highest BCUT2D eigenvalue weighted by Gasteiger charge is 2.18. The van der Waals surface area contributed by atoms with Crippen LogP contribution in [0.3, 0.4) is 0 Å². The molecule has 0 radical (unpaired) electrons. The van der Waals surface area contributed by atoms with E-state index in [1.54, 1.807) is 12.1 Å². The molecule has 2 aromatic heterocycles. The van der Waals surface area contributed by atoms with Gasteiger partial charge in [-0.25, -0.2) is 0 Å². The predicted octanol–water partition coefficient (Wildman–Crippen LogP) is 4.06. The van der Waals surface area contributed by atoms with Crippen molar-refractivity contribution < 1.29 is 4.79 Å². The quantitative estimate of drug-likeness (QED) is 0.572. The molecule has 28 heavy (non-hydrogen) atoms. The van der Waals surface area contributed by atoms with Gasteiger partial charge in [0, 0.05) is 40.3 Å². The molecule has 2 N–H and O–H groups in total. The Morgan fingerprint density at radius 2 is 1.71 bits per heavy atom. The molecule has 0 saturated heterocycles. The lowest BCUT2D eigenvalue weighted by atomic mass is 10.1. The average Bonchev–Trinajstić information content (AvgIpc) is 3.40. The number of hydrogen-bond acceptors (Lipinski definition) is 2. The zero-order valence-corrected chi connectivity index (χ0v) is 15.2. The number of benzene rings is 2. The number of pyridine rings is 1. The molecule has 0 aliphatic heterocycles. The molecule has 0 fully saturated rings. The van der Waals surface area contributed by atoms with Gasteiger partial charge in [0.2, 0.25) is 0 Å². The Hall–Kier alpha value is -3.60. The van der Waals surface area contributed by atoms with Gasteiger partial charge in [0.1, 0.15) is 0 Å². The Morgan fingerprint density at radius 1 is 0.964 bits per heavy atom. The van der Waals surface area contributed by atoms with E-state index in [4.69, 9.17) is 0 Å². The molecular weight excluding hydrogens is 350 g/mol. The largest absolute Gasteiger partial charge is 0.324 e. The first-order valence-electron chi connectivity index (χ1n) is 9.41. The number of nitrogens with zero attached hydrogens (tertiary/aromatic N) is 1. The van der Waals surface area contributed by atoms with Crippen LogP contribution in [-0.4, -0.2) is 15.5 Å². The number of carbonyl (C=O) groups is 1. The smallest absolute Gasteiger partial charge is 0.255 e. The van der Waals surface area contributed by atoms with E-state index in [9.17, 15) is 9.59 Å². The average molecular weight is 369 g/mol. The zero-order valence-electron chi connectivity index (χ0n) is 15.2. The van der Waals surface area contributed by atoms with Crippen molar-refractivity contribution in [2.45, 2.75) is 19.3 Å². The Labute approximate surface area is 161 Å². The number of fused-ring (bicyclic) bond motifs is 3. The molecule has 1 aliphatic rings. The van der Waals surface area contributed by atoms with Gasteiger partial charge in [-0.1, -0.05) is 6.07 Å². The summed E-state index contributed by atoms with van der Waals surface area (Å²) in [6.45, 7) is 0. The van der Waals surface area contributed by atoms with Crippen molar-refractivity contribution >= 4 is 22.5 Å². The number of aryl methyl sites for hydroxylation is 1. The summed E-state index contributed by atoms with van der Waals surface area (Å²) in [5.74, 6) is -0.179. The molecule has 0 bridgehead atoms. The molecular formula is C23H19N3O2. The summed E-state index contributed by atoms with van der Waals surface area (Å²) in [6, 6.07) is 17.1. The number of aromatic amines is 1. The first-order valence-corrected chi connectivity index (χ1v) is 9.41. The third-order valence-electron chi connectivity index (χ3n) is 5.37. The minimum absolute atomic E-state index is 0.0101. The standard InChI is InChI=1S/C23H19N3O2/c27-22(15-6-9-17(10-7-15)26-12-1-2-13-26)24-16-8-11-19-18-4-3-5-20(18)23(28)25-21(19)14-16/h1-2,6-14H,3-5H2,(H,24,27)(H,25,28). The van der Waals surface area contributed by atoms with Crippen LogP contribution in [0, 0.1) is 0 Å². The molecule has 138 valence electrons. The maximum Gasteiger partial charge on any atom is 0.255 e. The molecule has 5 heteroatoms. The van der Waals surface area contributed by atoms with E-state index in [-0.39, 0.29) is 11.5 Å². The van der Waals surface area contributed by atoms with E-state index in [1.165, 1.54) is 0 Å². The van der Waals surface area contributed by atoms with Gasteiger partial charge in [-0.2, -0.15) is 0 Å². The summed E-state index contributed by atoms with van der Waals surface area (Å²) in [6.07, 6.45) is 6.73. The van der Waals surface area contributed by atoms with Gasteiger partial charge in [0.25, 0.3) is 11.5 Å². The first kappa shape index (κ1) is 16.6. The third kappa shape index (κ3) is 2.81. The number of carbonyl (C=O) groups excluding carboxylic acids is 1. The van der Waals surface area contributed by atoms with Crippen LogP contribution >= 0.6 is 0 Å². The fourth-order valence-corrected chi connectivity index (χ4v) is 3.97. The molecule has 0 unspecified atom stereocenters. The second-order valence-corrected chi connectivity index (χ2v) is 7.12. The summed E-state index contributed by atoms with van der Waals surface area (Å²) in [5.41, 5.74) is 5.07. The monoisotopic (exact) mass is 369 g/mol. The Balaban J connectivity index is 1.41. The van der Waals surface area contributed by atoms with Crippen LogP contribution in [0.2, 0.25) is 0 Å². The molecule has 2 heterocycles. The zero-order chi connectivity index (χ0) is 19.1. The van der Waals surface area contributed by atoms with Gasteiger partial charge in [-0.15, -0.1) is 0 Å². The Bertz CT molecular complexity index is 1240. The van der Waals surface area contributed by atoms with E-state index in [0.29, 0.717) is 11.3 Å². The third-order valence-corrected chi connectivity index (χ3v) is 5.37. The topological polar surface area (TPSA) is 66.9 Å². The number of aromatic nitrogens is 2. The van der Waals surface area contributed by atoms with Crippen molar-refractivity contribution in [1.29, 1.82) is 0 Å². The summed E-state index contributed by atoms with van der Waals surface area (Å²) >= 11 is 0. The van der Waals surface area contributed by atoms with Crippen LogP contribution in [0.1, 0.15) is 27.9 Å². The first-order chi connectivity index (χ1) is 13.7. The fourth-order valence-electron chi connectivity index (χ4n) is 3.97. The summed E-state index contributed by atoms with van der Waals surface area (Å²) < 4.78 is 1.99. The molecule has 0 spiro atoms. The van der Waals surface area contributed by atoms with E-state index in [2.05, 4.69) is 10.3 Å². The van der Waals surface area contributed by atoms with Gasteiger partial charge < -0.3 is 14.9 Å². The van der Waals surface area contributed by atoms with E-state index >= 15 is 0 Å². The summed E-state index contributed by atoms with van der Waals surface area (Å²) in [4.78, 5) is 27.8. The predicted molar refractivity (Wildman–Crippen MR) is 110 cm³/mol. The van der Waals surface area contributed by atoms with Gasteiger partial charge in [-0.3, -0.25) is 9.59 Å². The van der Waals surface area contributed by atoms with E-state index in [0.717, 1.165) is 47.0 Å². The second kappa shape index (κ2) is 6.53.